The van der Waals surface area contributed by atoms with Crippen LogP contribution in [0.15, 0.2) is 9.98 Å². The minimum Gasteiger partial charge on any atom is -0.354 e. The molecule has 86 valence electrons. The van der Waals surface area contributed by atoms with Gasteiger partial charge in [-0.3, -0.25) is 15.1 Å². The van der Waals surface area contributed by atoms with Gasteiger partial charge in [-0.2, -0.15) is 11.8 Å². The number of hydrogen-bond donors (Lipinski definition) is 2. The number of carbonyl (C=O) groups is 1. The molecule has 0 fully saturated rings. The van der Waals surface area contributed by atoms with Crippen LogP contribution >= 0.6 is 11.8 Å². The molecule has 0 saturated carbocycles. The Morgan fingerprint density at radius 2 is 2.27 bits per heavy atom. The van der Waals surface area contributed by atoms with Crippen molar-refractivity contribution in [3.8, 4) is 0 Å². The fourth-order valence-electron chi connectivity index (χ4n) is 0.726. The lowest BCUT2D eigenvalue weighted by molar-refractivity contribution is -0.114. The van der Waals surface area contributed by atoms with Crippen LogP contribution in [0.2, 0.25) is 0 Å². The standard InChI is InChI=1S/C9H18N4OS/c1-8(9(14)10-2)13-7-12-6-11-4-5-15-3/h7,11H,4-6H2,1-3H3,(H,10,14)/b12-7-,13-8+. The molecule has 0 atom stereocenters. The molecule has 0 unspecified atom stereocenters. The van der Waals surface area contributed by atoms with Crippen LogP contribution in [0.25, 0.3) is 0 Å². The molecule has 0 aliphatic heterocycles. The van der Waals surface area contributed by atoms with Crippen molar-refractivity contribution in [3.05, 3.63) is 0 Å². The summed E-state index contributed by atoms with van der Waals surface area (Å²) in [6, 6.07) is 0. The SMILES string of the molecule is CNC(=O)/C(C)=N/C=N\CNCCSC. The zero-order valence-electron chi connectivity index (χ0n) is 9.41. The van der Waals surface area contributed by atoms with Crippen molar-refractivity contribution < 1.29 is 4.79 Å². The smallest absolute Gasteiger partial charge is 0.265 e. The van der Waals surface area contributed by atoms with Gasteiger partial charge in [-0.25, -0.2) is 4.99 Å². The van der Waals surface area contributed by atoms with Crippen LogP contribution in [-0.4, -0.2) is 50.2 Å². The van der Waals surface area contributed by atoms with E-state index in [9.17, 15) is 4.79 Å². The normalized spacial score (nSPS) is 12.1. The van der Waals surface area contributed by atoms with Gasteiger partial charge in [0, 0.05) is 19.3 Å². The number of hydrogen-bond acceptors (Lipinski definition) is 4. The molecule has 5 nitrogen and oxygen atoms in total. The highest BCUT2D eigenvalue weighted by Gasteiger charge is 1.99. The molecule has 0 heterocycles. The number of rotatable bonds is 7. The Morgan fingerprint density at radius 1 is 1.53 bits per heavy atom. The van der Waals surface area contributed by atoms with Crippen molar-refractivity contribution in [3.63, 3.8) is 0 Å². The van der Waals surface area contributed by atoms with Gasteiger partial charge in [0.25, 0.3) is 5.91 Å². The van der Waals surface area contributed by atoms with E-state index in [-0.39, 0.29) is 5.91 Å². The Morgan fingerprint density at radius 3 is 2.87 bits per heavy atom. The van der Waals surface area contributed by atoms with E-state index in [0.717, 1.165) is 12.3 Å². The third-order valence-electron chi connectivity index (χ3n) is 1.57. The third kappa shape index (κ3) is 8.14. The zero-order valence-corrected chi connectivity index (χ0v) is 10.2. The number of aliphatic imine (C=N–C) groups is 2. The number of amides is 1. The quantitative estimate of drug-likeness (QED) is 0.371. The topological polar surface area (TPSA) is 65.8 Å². The minimum absolute atomic E-state index is 0.184. The van der Waals surface area contributed by atoms with Crippen LogP contribution in [0.4, 0.5) is 0 Å². The van der Waals surface area contributed by atoms with E-state index >= 15 is 0 Å². The van der Waals surface area contributed by atoms with Crippen LogP contribution in [0.5, 0.6) is 0 Å². The van der Waals surface area contributed by atoms with E-state index in [1.165, 1.54) is 6.34 Å². The highest BCUT2D eigenvalue weighted by molar-refractivity contribution is 7.98. The summed E-state index contributed by atoms with van der Waals surface area (Å²) >= 11 is 1.78. The molecule has 0 rings (SSSR count). The van der Waals surface area contributed by atoms with Crippen molar-refractivity contribution in [2.75, 3.05) is 32.3 Å². The van der Waals surface area contributed by atoms with Gasteiger partial charge in [-0.1, -0.05) is 0 Å². The molecular formula is C9H18N4OS. The van der Waals surface area contributed by atoms with Gasteiger partial charge in [-0.05, 0) is 13.2 Å². The molecule has 1 amide bonds. The maximum Gasteiger partial charge on any atom is 0.265 e. The van der Waals surface area contributed by atoms with Gasteiger partial charge in [0.15, 0.2) is 0 Å². The average Bonchev–Trinajstić information content (AvgIpc) is 2.26. The maximum atomic E-state index is 11.0. The van der Waals surface area contributed by atoms with Crippen LogP contribution in [-0.2, 0) is 4.79 Å². The van der Waals surface area contributed by atoms with E-state index in [2.05, 4.69) is 26.9 Å². The van der Waals surface area contributed by atoms with Gasteiger partial charge in [0.1, 0.15) is 12.1 Å². The monoisotopic (exact) mass is 230 g/mol. The lowest BCUT2D eigenvalue weighted by Crippen LogP contribution is -2.25. The van der Waals surface area contributed by atoms with Crippen LogP contribution in [0, 0.1) is 0 Å². The molecule has 0 aromatic carbocycles. The van der Waals surface area contributed by atoms with Crippen LogP contribution in [0.3, 0.4) is 0 Å². The first kappa shape index (κ1) is 14.1. The van der Waals surface area contributed by atoms with Crippen LogP contribution < -0.4 is 10.6 Å². The van der Waals surface area contributed by atoms with Crippen molar-refractivity contribution >= 4 is 29.7 Å². The molecule has 0 aromatic heterocycles. The third-order valence-corrected chi connectivity index (χ3v) is 2.19. The molecular weight excluding hydrogens is 212 g/mol. The van der Waals surface area contributed by atoms with Gasteiger partial charge in [-0.15, -0.1) is 0 Å². The predicted octanol–water partition coefficient (Wildman–Crippen LogP) is 0.132. The Bertz CT molecular complexity index is 240. The molecule has 0 aromatic rings. The first-order valence-corrected chi connectivity index (χ1v) is 6.06. The van der Waals surface area contributed by atoms with E-state index in [0.29, 0.717) is 12.4 Å². The molecule has 2 N–H and O–H groups in total. The van der Waals surface area contributed by atoms with Crippen LogP contribution in [0.1, 0.15) is 6.92 Å². The highest BCUT2D eigenvalue weighted by Crippen LogP contribution is 1.86. The second kappa shape index (κ2) is 9.67. The molecule has 0 saturated heterocycles. The molecule has 0 aliphatic rings. The van der Waals surface area contributed by atoms with Crippen molar-refractivity contribution in [2.45, 2.75) is 6.92 Å². The number of nitrogens with zero attached hydrogens (tertiary/aromatic N) is 2. The number of thioether (sulfide) groups is 1. The molecule has 0 aliphatic carbocycles. The Kier molecular flexibility index (Phi) is 9.10. The summed E-state index contributed by atoms with van der Waals surface area (Å²) in [7, 11) is 1.57. The van der Waals surface area contributed by atoms with Gasteiger partial charge in [0.05, 0.1) is 6.67 Å². The molecule has 6 heteroatoms. The molecule has 0 radical (unpaired) electrons. The average molecular weight is 230 g/mol. The Balaban J connectivity index is 3.64. The van der Waals surface area contributed by atoms with Gasteiger partial charge >= 0.3 is 0 Å². The molecule has 15 heavy (non-hydrogen) atoms. The lowest BCUT2D eigenvalue weighted by atomic mass is 10.4. The minimum atomic E-state index is -0.184. The predicted molar refractivity (Wildman–Crippen MR) is 66.9 cm³/mol. The van der Waals surface area contributed by atoms with Crippen molar-refractivity contribution in [1.82, 2.24) is 10.6 Å². The zero-order chi connectivity index (χ0) is 11.5. The first-order valence-electron chi connectivity index (χ1n) is 4.66. The van der Waals surface area contributed by atoms with E-state index in [1.807, 2.05) is 0 Å². The van der Waals surface area contributed by atoms with E-state index in [1.54, 1.807) is 25.7 Å². The fourth-order valence-corrected chi connectivity index (χ4v) is 1.07. The highest BCUT2D eigenvalue weighted by atomic mass is 32.2. The Labute approximate surface area is 94.8 Å². The lowest BCUT2D eigenvalue weighted by Gasteiger charge is -1.97. The Hall–Kier alpha value is -0.880. The van der Waals surface area contributed by atoms with Crippen molar-refractivity contribution in [1.29, 1.82) is 0 Å². The summed E-state index contributed by atoms with van der Waals surface area (Å²) in [5, 5.41) is 5.60. The number of nitrogens with one attached hydrogen (secondary N) is 2. The molecule has 0 spiro atoms. The second-order valence-electron chi connectivity index (χ2n) is 2.74. The van der Waals surface area contributed by atoms with Crippen molar-refractivity contribution in [2.24, 2.45) is 9.98 Å². The summed E-state index contributed by atoms with van der Waals surface area (Å²) < 4.78 is 0. The van der Waals surface area contributed by atoms with E-state index < -0.39 is 0 Å². The van der Waals surface area contributed by atoms with Gasteiger partial charge < -0.3 is 5.32 Å². The fraction of sp³-hybridized carbons (Fsp3) is 0.667. The summed E-state index contributed by atoms with van der Waals surface area (Å²) in [5.74, 6) is 0.882. The number of carbonyl (C=O) groups excluding carboxylic acids is 1. The summed E-state index contributed by atoms with van der Waals surface area (Å²) in [4.78, 5) is 18.9. The summed E-state index contributed by atoms with van der Waals surface area (Å²) in [5.41, 5.74) is 0.408. The van der Waals surface area contributed by atoms with E-state index in [4.69, 9.17) is 0 Å². The first-order chi connectivity index (χ1) is 7.22. The largest absolute Gasteiger partial charge is 0.354 e. The second-order valence-corrected chi connectivity index (χ2v) is 3.73. The van der Waals surface area contributed by atoms with Gasteiger partial charge in [0.2, 0.25) is 0 Å². The maximum absolute atomic E-state index is 11.0. The summed E-state index contributed by atoms with van der Waals surface area (Å²) in [6.45, 7) is 3.10. The molecule has 0 bridgehead atoms. The summed E-state index contributed by atoms with van der Waals surface area (Å²) in [6.07, 6.45) is 3.46.